The van der Waals surface area contributed by atoms with Gasteiger partial charge < -0.3 is 0 Å². The molecule has 1 aromatic carbocycles. The van der Waals surface area contributed by atoms with Crippen molar-refractivity contribution in [2.45, 2.75) is 19.8 Å². The second-order valence-corrected chi connectivity index (χ2v) is 4.96. The van der Waals surface area contributed by atoms with E-state index in [1.807, 2.05) is 18.2 Å². The number of nitrogens with zero attached hydrogens (tertiary/aromatic N) is 1. The minimum atomic E-state index is 0.0340. The molecule has 0 N–H and O–H groups in total. The lowest BCUT2D eigenvalue weighted by Crippen LogP contribution is -2.06. The lowest BCUT2D eigenvalue weighted by Gasteiger charge is -2.04. The fourth-order valence-corrected chi connectivity index (χ4v) is 2.23. The third-order valence-electron chi connectivity index (χ3n) is 2.82. The lowest BCUT2D eigenvalue weighted by atomic mass is 10.0. The van der Waals surface area contributed by atoms with Gasteiger partial charge in [-0.25, -0.2) is 0 Å². The van der Waals surface area contributed by atoms with Crippen LogP contribution in [0.5, 0.6) is 0 Å². The summed E-state index contributed by atoms with van der Waals surface area (Å²) in [6, 6.07) is 11.8. The number of ketones is 1. The number of aromatic nitrogens is 1. The summed E-state index contributed by atoms with van der Waals surface area (Å²) in [7, 11) is 0. The summed E-state index contributed by atoms with van der Waals surface area (Å²) in [6.07, 6.45) is 3.04. The number of aryl methyl sites for hydroxylation is 1. The van der Waals surface area contributed by atoms with Crippen molar-refractivity contribution in [2.75, 3.05) is 0 Å². The number of hydrogen-bond acceptors (Lipinski definition) is 2. The van der Waals surface area contributed by atoms with Crippen LogP contribution >= 0.6 is 15.9 Å². The largest absolute Gasteiger partial charge is 0.292 e. The summed E-state index contributed by atoms with van der Waals surface area (Å²) in [6.45, 7) is 2.12. The topological polar surface area (TPSA) is 30.0 Å². The van der Waals surface area contributed by atoms with Crippen LogP contribution in [-0.4, -0.2) is 10.8 Å². The van der Waals surface area contributed by atoms with Crippen molar-refractivity contribution in [1.82, 2.24) is 4.98 Å². The zero-order valence-electron chi connectivity index (χ0n) is 10.2. The Morgan fingerprint density at radius 3 is 2.44 bits per heavy atom. The highest BCUT2D eigenvalue weighted by atomic mass is 79.9. The van der Waals surface area contributed by atoms with Crippen molar-refractivity contribution in [1.29, 1.82) is 0 Å². The standard InChI is InChI=1S/C15H14BrNO/c1-2-11-5-7-12(8-6-11)10-14(18)15-13(16)4-3-9-17-15/h3-9H,2,10H2,1H3. The molecule has 0 atom stereocenters. The van der Waals surface area contributed by atoms with Crippen LogP contribution in [-0.2, 0) is 12.8 Å². The van der Waals surface area contributed by atoms with E-state index in [4.69, 9.17) is 0 Å². The fraction of sp³-hybridized carbons (Fsp3) is 0.200. The van der Waals surface area contributed by atoms with Crippen molar-refractivity contribution in [3.63, 3.8) is 0 Å². The first-order chi connectivity index (χ1) is 8.70. The number of carbonyl (C=O) groups is 1. The minimum Gasteiger partial charge on any atom is -0.292 e. The average Bonchev–Trinajstić information content (AvgIpc) is 2.40. The number of hydrogen-bond donors (Lipinski definition) is 0. The van der Waals surface area contributed by atoms with E-state index in [0.29, 0.717) is 12.1 Å². The third-order valence-corrected chi connectivity index (χ3v) is 3.46. The van der Waals surface area contributed by atoms with Crippen molar-refractivity contribution < 1.29 is 4.79 Å². The number of pyridine rings is 1. The van der Waals surface area contributed by atoms with Gasteiger partial charge in [-0.05, 0) is 45.6 Å². The normalized spacial score (nSPS) is 10.3. The maximum atomic E-state index is 12.1. The van der Waals surface area contributed by atoms with Crippen LogP contribution in [0.2, 0.25) is 0 Å². The Morgan fingerprint density at radius 1 is 1.17 bits per heavy atom. The van der Waals surface area contributed by atoms with E-state index in [0.717, 1.165) is 16.5 Å². The molecule has 0 aliphatic rings. The molecule has 0 radical (unpaired) electrons. The van der Waals surface area contributed by atoms with Gasteiger partial charge in [0.05, 0.1) is 0 Å². The predicted octanol–water partition coefficient (Wildman–Crippen LogP) is 3.83. The first-order valence-electron chi connectivity index (χ1n) is 5.92. The summed E-state index contributed by atoms with van der Waals surface area (Å²) < 4.78 is 0.750. The van der Waals surface area contributed by atoms with E-state index in [1.165, 1.54) is 5.56 Å². The van der Waals surface area contributed by atoms with Crippen LogP contribution < -0.4 is 0 Å². The van der Waals surface area contributed by atoms with E-state index in [2.05, 4.69) is 40.0 Å². The molecule has 0 unspecified atom stereocenters. The summed E-state index contributed by atoms with van der Waals surface area (Å²) in [5.74, 6) is 0.0340. The monoisotopic (exact) mass is 303 g/mol. The number of halogens is 1. The Hall–Kier alpha value is -1.48. The molecule has 0 saturated heterocycles. The van der Waals surface area contributed by atoms with Gasteiger partial charge >= 0.3 is 0 Å². The van der Waals surface area contributed by atoms with Gasteiger partial charge in [0, 0.05) is 17.1 Å². The van der Waals surface area contributed by atoms with Crippen molar-refractivity contribution >= 4 is 21.7 Å². The molecule has 2 nitrogen and oxygen atoms in total. The molecule has 0 fully saturated rings. The van der Waals surface area contributed by atoms with Gasteiger partial charge in [0.1, 0.15) is 5.69 Å². The maximum Gasteiger partial charge on any atom is 0.186 e. The quantitative estimate of drug-likeness (QED) is 0.804. The highest BCUT2D eigenvalue weighted by Crippen LogP contribution is 2.16. The highest BCUT2D eigenvalue weighted by Gasteiger charge is 2.11. The fourth-order valence-electron chi connectivity index (χ4n) is 1.75. The molecule has 1 aromatic heterocycles. The number of Topliss-reactive ketones (excluding diaryl/α,β-unsaturated/α-hetero) is 1. The Balaban J connectivity index is 2.14. The number of rotatable bonds is 4. The predicted molar refractivity (Wildman–Crippen MR) is 75.8 cm³/mol. The van der Waals surface area contributed by atoms with Crippen molar-refractivity contribution in [2.24, 2.45) is 0 Å². The van der Waals surface area contributed by atoms with E-state index >= 15 is 0 Å². The SMILES string of the molecule is CCc1ccc(CC(=O)c2ncccc2Br)cc1. The molecule has 0 spiro atoms. The summed E-state index contributed by atoms with van der Waals surface area (Å²) in [4.78, 5) is 16.2. The van der Waals surface area contributed by atoms with Crippen LogP contribution in [0.4, 0.5) is 0 Å². The second-order valence-electron chi connectivity index (χ2n) is 4.10. The lowest BCUT2D eigenvalue weighted by molar-refractivity contribution is 0.0987. The first-order valence-corrected chi connectivity index (χ1v) is 6.71. The second kappa shape index (κ2) is 5.91. The summed E-state index contributed by atoms with van der Waals surface area (Å²) in [5, 5.41) is 0. The number of benzene rings is 1. The highest BCUT2D eigenvalue weighted by molar-refractivity contribution is 9.10. The number of carbonyl (C=O) groups excluding carboxylic acids is 1. The molecule has 92 valence electrons. The molecule has 0 amide bonds. The van der Waals surface area contributed by atoms with Crippen LogP contribution in [0.25, 0.3) is 0 Å². The van der Waals surface area contributed by atoms with Crippen molar-refractivity contribution in [3.05, 3.63) is 63.9 Å². The van der Waals surface area contributed by atoms with Gasteiger partial charge in [-0.15, -0.1) is 0 Å². The minimum absolute atomic E-state index is 0.0340. The molecule has 0 saturated carbocycles. The third kappa shape index (κ3) is 3.05. The van der Waals surface area contributed by atoms with E-state index in [9.17, 15) is 4.79 Å². The van der Waals surface area contributed by atoms with Gasteiger partial charge in [-0.3, -0.25) is 9.78 Å². The smallest absolute Gasteiger partial charge is 0.186 e. The molecule has 0 aliphatic carbocycles. The Bertz CT molecular complexity index is 549. The van der Waals surface area contributed by atoms with Crippen LogP contribution in [0, 0.1) is 0 Å². The first kappa shape index (κ1) is 13.0. The average molecular weight is 304 g/mol. The summed E-state index contributed by atoms with van der Waals surface area (Å²) >= 11 is 3.35. The maximum absolute atomic E-state index is 12.1. The molecule has 0 bridgehead atoms. The molecule has 2 aromatic rings. The molecule has 18 heavy (non-hydrogen) atoms. The van der Waals surface area contributed by atoms with E-state index < -0.39 is 0 Å². The van der Waals surface area contributed by atoms with Crippen LogP contribution in [0.3, 0.4) is 0 Å². The van der Waals surface area contributed by atoms with Gasteiger partial charge in [0.2, 0.25) is 0 Å². The molecular formula is C15H14BrNO. The van der Waals surface area contributed by atoms with Crippen LogP contribution in [0.15, 0.2) is 47.1 Å². The van der Waals surface area contributed by atoms with E-state index in [1.54, 1.807) is 12.3 Å². The van der Waals surface area contributed by atoms with Gasteiger partial charge in [-0.2, -0.15) is 0 Å². The molecular weight excluding hydrogens is 290 g/mol. The van der Waals surface area contributed by atoms with Gasteiger partial charge in [0.15, 0.2) is 5.78 Å². The Morgan fingerprint density at radius 2 is 1.83 bits per heavy atom. The zero-order chi connectivity index (χ0) is 13.0. The zero-order valence-corrected chi connectivity index (χ0v) is 11.8. The molecule has 2 rings (SSSR count). The molecule has 0 aliphatic heterocycles. The van der Waals surface area contributed by atoms with Gasteiger partial charge in [0.25, 0.3) is 0 Å². The van der Waals surface area contributed by atoms with E-state index in [-0.39, 0.29) is 5.78 Å². The van der Waals surface area contributed by atoms with Gasteiger partial charge in [-0.1, -0.05) is 31.2 Å². The molecule has 3 heteroatoms. The Kier molecular flexibility index (Phi) is 4.26. The van der Waals surface area contributed by atoms with Crippen molar-refractivity contribution in [3.8, 4) is 0 Å². The summed E-state index contributed by atoms with van der Waals surface area (Å²) in [5.41, 5.74) is 2.80. The molecule has 1 heterocycles. The Labute approximate surface area is 115 Å². The van der Waals surface area contributed by atoms with Crippen LogP contribution in [0.1, 0.15) is 28.5 Å².